The van der Waals surface area contributed by atoms with Crippen molar-refractivity contribution in [3.63, 3.8) is 0 Å². The fourth-order valence-electron chi connectivity index (χ4n) is 11.8. The van der Waals surface area contributed by atoms with Gasteiger partial charge in [0.2, 0.25) is 0 Å². The maximum absolute atomic E-state index is 7.12. The summed E-state index contributed by atoms with van der Waals surface area (Å²) in [4.78, 5) is 0. The van der Waals surface area contributed by atoms with Crippen LogP contribution in [0.5, 0.6) is 0 Å². The van der Waals surface area contributed by atoms with E-state index in [2.05, 4.69) is 84.6 Å². The molecule has 10 rings (SSSR count). The van der Waals surface area contributed by atoms with Crippen LogP contribution in [0.15, 0.2) is 84.9 Å². The topological polar surface area (TPSA) is 0 Å². The molecule has 0 spiro atoms. The number of hydrogen-bond acceptors (Lipinski definition) is 0. The first-order valence-corrected chi connectivity index (χ1v) is 26.9. The molecule has 0 bridgehead atoms. The Kier molecular flexibility index (Phi) is 18.8. The molecule has 0 nitrogen and oxygen atoms in total. The summed E-state index contributed by atoms with van der Waals surface area (Å²) in [6.45, 7) is 0. The quantitative estimate of drug-likeness (QED) is 0.0675. The van der Waals surface area contributed by atoms with Gasteiger partial charge in [-0.3, -0.25) is 11.8 Å². The van der Waals surface area contributed by atoms with Crippen LogP contribution in [0.2, 0.25) is 0 Å². The fourth-order valence-corrected chi connectivity index (χ4v) is 24.3. The van der Waals surface area contributed by atoms with Crippen molar-refractivity contribution in [3.05, 3.63) is 131 Å². The predicted molar refractivity (Wildman–Crippen MR) is 251 cm³/mol. The second-order valence-corrected chi connectivity index (χ2v) is 25.3. The first-order valence-electron chi connectivity index (χ1n) is 23.2. The molecule has 6 aliphatic carbocycles. The summed E-state index contributed by atoms with van der Waals surface area (Å²) in [6, 6.07) is 29.2. The Morgan fingerprint density at radius 1 is 0.390 bits per heavy atom. The SMILES string of the molecule is C1CCC([PH+](C[PH+](C2CCCCC2)C2CCCCC2)C2CCCCC2)CC1.[Au+].[Au+].[C-]#Cc1ccc2c(c1)Cc1ccccc1-2.[C-]#Cc1ccc2c(c1)Cc1ccccc1-2. The first kappa shape index (κ1) is 46.8. The van der Waals surface area contributed by atoms with E-state index in [0.29, 0.717) is 0 Å². The Hall–Kier alpha value is -1.66. The summed E-state index contributed by atoms with van der Waals surface area (Å²) < 4.78 is 0. The normalized spacial score (nSPS) is 18.8. The summed E-state index contributed by atoms with van der Waals surface area (Å²) in [6.07, 6.45) is 48.3. The Morgan fingerprint density at radius 2 is 0.695 bits per heavy atom. The number of benzene rings is 4. The van der Waals surface area contributed by atoms with Gasteiger partial charge >= 0.3 is 44.8 Å². The van der Waals surface area contributed by atoms with E-state index in [-0.39, 0.29) is 60.6 Å². The third kappa shape index (κ3) is 11.9. The average molecular weight is 1180 g/mol. The van der Waals surface area contributed by atoms with Crippen molar-refractivity contribution >= 4 is 15.8 Å². The van der Waals surface area contributed by atoms with Crippen LogP contribution in [-0.4, -0.2) is 28.5 Å². The number of fused-ring (bicyclic) bond motifs is 6. The van der Waals surface area contributed by atoms with Crippen molar-refractivity contribution in [2.24, 2.45) is 0 Å². The molecule has 0 heterocycles. The molecule has 4 heteroatoms. The average Bonchev–Trinajstić information content (AvgIpc) is 3.86. The van der Waals surface area contributed by atoms with Crippen LogP contribution >= 0.6 is 15.8 Å². The van der Waals surface area contributed by atoms with Gasteiger partial charge in [0, 0.05) is 15.8 Å². The molecule has 0 saturated heterocycles. The molecule has 4 saturated carbocycles. The van der Waals surface area contributed by atoms with Gasteiger partial charge in [-0.15, -0.1) is 35.4 Å². The molecule has 0 aromatic heterocycles. The molecule has 0 radical (unpaired) electrons. The molecule has 0 aliphatic heterocycles. The van der Waals surface area contributed by atoms with Crippen LogP contribution in [0.25, 0.3) is 22.3 Å². The minimum Gasteiger partial charge on any atom is -0.366 e. The smallest absolute Gasteiger partial charge is 0.366 e. The van der Waals surface area contributed by atoms with E-state index in [4.69, 9.17) is 12.8 Å². The summed E-state index contributed by atoms with van der Waals surface area (Å²) in [5.41, 5.74) is 17.4. The van der Waals surface area contributed by atoms with Gasteiger partial charge in [-0.1, -0.05) is 97.5 Å². The van der Waals surface area contributed by atoms with Gasteiger partial charge in [-0.25, -0.2) is 0 Å². The minimum absolute atomic E-state index is 0. The van der Waals surface area contributed by atoms with Gasteiger partial charge in [-0.05, 0) is 149 Å². The van der Waals surface area contributed by atoms with Crippen LogP contribution in [0.4, 0.5) is 0 Å². The van der Waals surface area contributed by atoms with E-state index in [0.717, 1.165) is 24.0 Å². The maximum atomic E-state index is 7.12. The van der Waals surface area contributed by atoms with Gasteiger partial charge in [0.15, 0.2) is 5.90 Å². The third-order valence-corrected chi connectivity index (χ3v) is 24.6. The Morgan fingerprint density at radius 3 is 1.02 bits per heavy atom. The van der Waals surface area contributed by atoms with E-state index >= 15 is 0 Å². The Balaban J connectivity index is 0.000000156. The largest absolute Gasteiger partial charge is 1.00 e. The third-order valence-electron chi connectivity index (χ3n) is 14.8. The molecule has 59 heavy (non-hydrogen) atoms. The standard InChI is InChI=1S/C25H46P2.2C15H9.2Au/c1-5-13-22(14-6-1)26(23-15-7-2-8-16-23)21-27(24-17-9-3-10-18-24)25-19-11-4-12-20-25;2*1-2-11-7-8-15-13(9-11)10-12-5-3-4-6-14(12)15;;/h22-25H,1-21H2;2*3-9H,10H2;;/q;2*-1;2*+1/p+2. The van der Waals surface area contributed by atoms with Crippen molar-refractivity contribution < 1.29 is 44.8 Å². The van der Waals surface area contributed by atoms with Crippen molar-refractivity contribution in [2.45, 2.75) is 164 Å². The Bertz CT molecular complexity index is 1830. The summed E-state index contributed by atoms with van der Waals surface area (Å²) in [7, 11) is -0.192. The van der Waals surface area contributed by atoms with Crippen LogP contribution in [-0.2, 0) is 57.6 Å². The van der Waals surface area contributed by atoms with Crippen molar-refractivity contribution in [2.75, 3.05) is 5.90 Å². The van der Waals surface area contributed by atoms with Crippen LogP contribution < -0.4 is 0 Å². The van der Waals surface area contributed by atoms with Gasteiger partial charge in [-0.2, -0.15) is 0 Å². The molecule has 316 valence electrons. The predicted octanol–water partition coefficient (Wildman–Crippen LogP) is 15.1. The summed E-state index contributed by atoms with van der Waals surface area (Å²) in [5.74, 6) is 6.73. The van der Waals surface area contributed by atoms with Gasteiger partial charge in [0.25, 0.3) is 0 Å². The van der Waals surface area contributed by atoms with E-state index < -0.39 is 0 Å². The zero-order chi connectivity index (χ0) is 38.8. The fraction of sp³-hybridized carbons (Fsp3) is 0.491. The molecule has 0 amide bonds. The maximum Gasteiger partial charge on any atom is 1.00 e. The molecule has 0 atom stereocenters. The molecule has 4 aromatic carbocycles. The van der Waals surface area contributed by atoms with Crippen LogP contribution in [0, 0.1) is 24.7 Å². The second kappa shape index (κ2) is 23.7. The summed E-state index contributed by atoms with van der Waals surface area (Å²) in [5, 5.41) is 0. The summed E-state index contributed by atoms with van der Waals surface area (Å²) >= 11 is 0. The molecule has 0 unspecified atom stereocenters. The van der Waals surface area contributed by atoms with Crippen molar-refractivity contribution in [3.8, 4) is 34.1 Å². The van der Waals surface area contributed by atoms with Crippen molar-refractivity contribution in [1.29, 1.82) is 0 Å². The van der Waals surface area contributed by atoms with E-state index in [1.54, 1.807) is 128 Å². The molecular formula is C55H66Au2P2+2. The second-order valence-electron chi connectivity index (χ2n) is 18.3. The van der Waals surface area contributed by atoms with Crippen LogP contribution in [0.3, 0.4) is 0 Å². The molecule has 4 fully saturated rings. The molecule has 0 N–H and O–H groups in total. The zero-order valence-corrected chi connectivity index (χ0v) is 41.6. The zero-order valence-electron chi connectivity index (χ0n) is 35.3. The monoisotopic (exact) mass is 1180 g/mol. The van der Waals surface area contributed by atoms with E-state index in [9.17, 15) is 0 Å². The van der Waals surface area contributed by atoms with Gasteiger partial charge in [0.1, 0.15) is 0 Å². The molecule has 4 aromatic rings. The van der Waals surface area contributed by atoms with Gasteiger partial charge in [0.05, 0.1) is 22.6 Å². The number of hydrogen-bond donors (Lipinski definition) is 0. The van der Waals surface area contributed by atoms with Gasteiger partial charge < -0.3 is 12.8 Å². The van der Waals surface area contributed by atoms with E-state index in [1.165, 1.54) is 67.1 Å². The van der Waals surface area contributed by atoms with E-state index in [1.807, 2.05) is 18.0 Å². The molecule has 6 aliphatic rings. The first-order chi connectivity index (χ1) is 28.2. The van der Waals surface area contributed by atoms with Crippen molar-refractivity contribution in [1.82, 2.24) is 0 Å². The Labute approximate surface area is 392 Å². The molecular weight excluding hydrogens is 1120 g/mol. The van der Waals surface area contributed by atoms with Crippen LogP contribution in [0.1, 0.15) is 162 Å². The minimum atomic E-state index is -0.0959. The number of rotatable bonds is 6.